The first-order chi connectivity index (χ1) is 9.65. The molecule has 0 bridgehead atoms. The minimum atomic E-state index is -0.411. The summed E-state index contributed by atoms with van der Waals surface area (Å²) in [4.78, 5) is 36.2. The summed E-state index contributed by atoms with van der Waals surface area (Å²) in [5, 5.41) is 0. The molecule has 1 aromatic rings. The van der Waals surface area contributed by atoms with E-state index in [0.717, 1.165) is 0 Å². The van der Waals surface area contributed by atoms with Crippen LogP contribution in [0.3, 0.4) is 0 Å². The molecule has 0 saturated carbocycles. The lowest BCUT2D eigenvalue weighted by molar-refractivity contribution is -0.134. The number of carbonyl (C=O) groups is 3. The lowest BCUT2D eigenvalue weighted by atomic mass is 10.1. The Bertz CT molecular complexity index is 542. The first-order valence-corrected chi connectivity index (χ1v) is 6.35. The van der Waals surface area contributed by atoms with Crippen LogP contribution in [0.4, 0.5) is 0 Å². The lowest BCUT2D eigenvalue weighted by Gasteiger charge is -2.12. The molecule has 0 radical (unpaired) electrons. The molecule has 0 N–H and O–H groups in total. The minimum Gasteiger partial charge on any atom is -0.466 e. The summed E-state index contributed by atoms with van der Waals surface area (Å²) >= 11 is 0. The second-order valence-electron chi connectivity index (χ2n) is 4.38. The number of nitrogens with zero attached hydrogens (tertiary/aromatic N) is 1. The van der Waals surface area contributed by atoms with Crippen molar-refractivity contribution in [1.82, 2.24) is 4.90 Å². The normalized spacial score (nSPS) is 13.9. The largest absolute Gasteiger partial charge is 0.466 e. The Kier molecular flexibility index (Phi) is 4.30. The number of allylic oxidation sites excluding steroid dienone is 1. The van der Waals surface area contributed by atoms with Gasteiger partial charge in [0.05, 0.1) is 18.2 Å². The van der Waals surface area contributed by atoms with Gasteiger partial charge in [0.2, 0.25) is 0 Å². The number of imide groups is 1. The van der Waals surface area contributed by atoms with E-state index < -0.39 is 5.97 Å². The van der Waals surface area contributed by atoms with E-state index in [0.29, 0.717) is 30.5 Å². The number of benzene rings is 1. The van der Waals surface area contributed by atoms with Crippen LogP contribution < -0.4 is 0 Å². The predicted octanol–water partition coefficient (Wildman–Crippen LogP) is 1.79. The fraction of sp³-hybridized carbons (Fsp3) is 0.267. The van der Waals surface area contributed by atoms with Gasteiger partial charge in [0.15, 0.2) is 0 Å². The first-order valence-electron chi connectivity index (χ1n) is 6.35. The summed E-state index contributed by atoms with van der Waals surface area (Å²) in [6, 6.07) is 6.80. The smallest absolute Gasteiger partial charge is 0.330 e. The van der Waals surface area contributed by atoms with Gasteiger partial charge < -0.3 is 4.74 Å². The number of hydrogen-bond acceptors (Lipinski definition) is 4. The molecule has 5 heteroatoms. The summed E-state index contributed by atoms with van der Waals surface area (Å²) in [5.74, 6) is -0.907. The van der Waals surface area contributed by atoms with Gasteiger partial charge >= 0.3 is 5.97 Å². The van der Waals surface area contributed by atoms with E-state index in [9.17, 15) is 14.4 Å². The van der Waals surface area contributed by atoms with Gasteiger partial charge in [-0.3, -0.25) is 14.5 Å². The lowest BCUT2D eigenvalue weighted by Crippen LogP contribution is -2.30. The van der Waals surface area contributed by atoms with Crippen molar-refractivity contribution in [2.75, 3.05) is 13.7 Å². The summed E-state index contributed by atoms with van der Waals surface area (Å²) in [6.07, 6.45) is 4.22. The molecule has 0 fully saturated rings. The maximum atomic E-state index is 12.0. The van der Waals surface area contributed by atoms with Gasteiger partial charge in [-0.15, -0.1) is 0 Å². The number of fused-ring (bicyclic) bond motifs is 1. The molecule has 104 valence electrons. The van der Waals surface area contributed by atoms with Crippen LogP contribution in [0.5, 0.6) is 0 Å². The summed E-state index contributed by atoms with van der Waals surface area (Å²) in [5.41, 5.74) is 0.921. The summed E-state index contributed by atoms with van der Waals surface area (Å²) < 4.78 is 4.46. The number of carbonyl (C=O) groups excluding carboxylic acids is 3. The van der Waals surface area contributed by atoms with Gasteiger partial charge in [-0.25, -0.2) is 4.79 Å². The van der Waals surface area contributed by atoms with E-state index in [4.69, 9.17) is 0 Å². The zero-order valence-corrected chi connectivity index (χ0v) is 11.2. The molecule has 20 heavy (non-hydrogen) atoms. The number of amides is 2. The van der Waals surface area contributed by atoms with Crippen LogP contribution in [-0.4, -0.2) is 36.3 Å². The van der Waals surface area contributed by atoms with Crippen LogP contribution in [0, 0.1) is 0 Å². The Morgan fingerprint density at radius 2 is 1.80 bits per heavy atom. The topological polar surface area (TPSA) is 63.7 Å². The van der Waals surface area contributed by atoms with E-state index >= 15 is 0 Å². The number of unbranched alkanes of at least 4 members (excludes halogenated alkanes) is 1. The third kappa shape index (κ3) is 2.77. The summed E-state index contributed by atoms with van der Waals surface area (Å²) in [7, 11) is 1.31. The number of rotatable bonds is 5. The van der Waals surface area contributed by atoms with Crippen LogP contribution in [0.25, 0.3) is 0 Å². The van der Waals surface area contributed by atoms with Crippen molar-refractivity contribution < 1.29 is 19.1 Å². The van der Waals surface area contributed by atoms with Crippen molar-refractivity contribution in [1.29, 1.82) is 0 Å². The van der Waals surface area contributed by atoms with Crippen LogP contribution in [0.1, 0.15) is 33.6 Å². The molecule has 0 unspecified atom stereocenters. The van der Waals surface area contributed by atoms with Gasteiger partial charge in [0.1, 0.15) is 0 Å². The molecule has 1 aliphatic rings. The van der Waals surface area contributed by atoms with E-state index in [1.807, 2.05) is 0 Å². The van der Waals surface area contributed by atoms with Gasteiger partial charge in [0.25, 0.3) is 11.8 Å². The van der Waals surface area contributed by atoms with E-state index in [1.165, 1.54) is 18.1 Å². The molecule has 0 spiro atoms. The van der Waals surface area contributed by atoms with Crippen molar-refractivity contribution in [3.8, 4) is 0 Å². The highest BCUT2D eigenvalue weighted by Crippen LogP contribution is 2.22. The van der Waals surface area contributed by atoms with E-state index in [2.05, 4.69) is 4.74 Å². The molecule has 0 atom stereocenters. The number of esters is 1. The van der Waals surface area contributed by atoms with E-state index in [-0.39, 0.29) is 11.8 Å². The SMILES string of the molecule is COC(=O)/C=C/CCCN1C(=O)c2ccccc2C1=O. The van der Waals surface area contributed by atoms with Gasteiger partial charge in [-0.1, -0.05) is 18.2 Å². The highest BCUT2D eigenvalue weighted by Gasteiger charge is 2.34. The molecule has 0 aliphatic carbocycles. The fourth-order valence-corrected chi connectivity index (χ4v) is 2.06. The molecule has 1 aromatic carbocycles. The van der Waals surface area contributed by atoms with Crippen molar-refractivity contribution in [2.45, 2.75) is 12.8 Å². The van der Waals surface area contributed by atoms with Crippen LogP contribution >= 0.6 is 0 Å². The number of ether oxygens (including phenoxy) is 1. The maximum Gasteiger partial charge on any atom is 0.330 e. The Labute approximate surface area is 116 Å². The minimum absolute atomic E-state index is 0.248. The van der Waals surface area contributed by atoms with Crippen LogP contribution in [0.15, 0.2) is 36.4 Å². The van der Waals surface area contributed by atoms with Gasteiger partial charge in [-0.2, -0.15) is 0 Å². The van der Waals surface area contributed by atoms with E-state index in [1.54, 1.807) is 30.3 Å². The average Bonchev–Trinajstić information content (AvgIpc) is 2.71. The highest BCUT2D eigenvalue weighted by atomic mass is 16.5. The zero-order valence-electron chi connectivity index (χ0n) is 11.2. The molecule has 1 heterocycles. The number of hydrogen-bond donors (Lipinski definition) is 0. The second kappa shape index (κ2) is 6.14. The number of methoxy groups -OCH3 is 1. The van der Waals surface area contributed by atoms with Crippen molar-refractivity contribution in [3.63, 3.8) is 0 Å². The van der Waals surface area contributed by atoms with Crippen LogP contribution in [0.2, 0.25) is 0 Å². The third-order valence-electron chi connectivity index (χ3n) is 3.09. The zero-order chi connectivity index (χ0) is 14.5. The molecular weight excluding hydrogens is 258 g/mol. The monoisotopic (exact) mass is 273 g/mol. The van der Waals surface area contributed by atoms with Crippen molar-refractivity contribution >= 4 is 17.8 Å². The Morgan fingerprint density at radius 3 is 2.35 bits per heavy atom. The average molecular weight is 273 g/mol. The molecule has 0 saturated heterocycles. The Hall–Kier alpha value is -2.43. The van der Waals surface area contributed by atoms with Crippen LogP contribution in [-0.2, 0) is 9.53 Å². The molecule has 1 aliphatic heterocycles. The standard InChI is InChI=1S/C15H15NO4/c1-20-13(17)9-3-2-6-10-16-14(18)11-7-4-5-8-12(11)15(16)19/h3-5,7-9H,2,6,10H2,1H3/b9-3+. The molecule has 0 aromatic heterocycles. The molecule has 5 nitrogen and oxygen atoms in total. The fourth-order valence-electron chi connectivity index (χ4n) is 2.06. The van der Waals surface area contributed by atoms with Crippen molar-refractivity contribution in [3.05, 3.63) is 47.5 Å². The Morgan fingerprint density at radius 1 is 1.20 bits per heavy atom. The molecule has 2 rings (SSSR count). The first kappa shape index (κ1) is 14.0. The predicted molar refractivity (Wildman–Crippen MR) is 72.2 cm³/mol. The second-order valence-corrected chi connectivity index (χ2v) is 4.38. The molecule has 2 amide bonds. The quantitative estimate of drug-likeness (QED) is 0.355. The highest BCUT2D eigenvalue weighted by molar-refractivity contribution is 6.21. The Balaban J connectivity index is 1.90. The maximum absolute atomic E-state index is 12.0. The molecular formula is C15H15NO4. The van der Waals surface area contributed by atoms with Crippen molar-refractivity contribution in [2.24, 2.45) is 0 Å². The van der Waals surface area contributed by atoms with Gasteiger partial charge in [0, 0.05) is 12.6 Å². The summed E-state index contributed by atoms with van der Waals surface area (Å²) in [6.45, 7) is 0.345. The van der Waals surface area contributed by atoms with Gasteiger partial charge in [-0.05, 0) is 25.0 Å². The third-order valence-corrected chi connectivity index (χ3v) is 3.09.